The van der Waals surface area contributed by atoms with Crippen molar-refractivity contribution in [1.29, 1.82) is 0 Å². The summed E-state index contributed by atoms with van der Waals surface area (Å²) in [5.74, 6) is 1.28. The van der Waals surface area contributed by atoms with Gasteiger partial charge in [-0.25, -0.2) is 9.97 Å². The van der Waals surface area contributed by atoms with E-state index < -0.39 is 0 Å². The number of amides is 2. The van der Waals surface area contributed by atoms with Crippen LogP contribution in [0.5, 0.6) is 0 Å². The highest BCUT2D eigenvalue weighted by molar-refractivity contribution is 5.96. The molecule has 1 aliphatic heterocycles. The Labute approximate surface area is 181 Å². The number of hydrogen-bond acceptors (Lipinski definition) is 5. The lowest BCUT2D eigenvalue weighted by atomic mass is 10.1. The Kier molecular flexibility index (Phi) is 6.21. The van der Waals surface area contributed by atoms with Gasteiger partial charge in [-0.05, 0) is 19.1 Å². The number of rotatable bonds is 5. The minimum Gasteiger partial charge on any atom is -0.353 e. The van der Waals surface area contributed by atoms with Crippen molar-refractivity contribution in [2.45, 2.75) is 6.92 Å². The van der Waals surface area contributed by atoms with E-state index in [0.717, 1.165) is 22.9 Å². The predicted octanol–water partition coefficient (Wildman–Crippen LogP) is 2.53. The monoisotopic (exact) mass is 415 g/mol. The number of benzene rings is 2. The predicted molar refractivity (Wildman–Crippen MR) is 120 cm³/mol. The number of hydrogen-bond donors (Lipinski definition) is 1. The number of nitrogens with zero attached hydrogens (tertiary/aromatic N) is 4. The van der Waals surface area contributed by atoms with Gasteiger partial charge in [0.1, 0.15) is 11.6 Å². The SMILES string of the molecule is Cc1nc(-c2ccccc2)cc(N2CCN(C(=O)CNC(=O)c3ccccc3)CC2)n1. The summed E-state index contributed by atoms with van der Waals surface area (Å²) in [6.45, 7) is 4.43. The molecule has 0 aliphatic carbocycles. The standard InChI is InChI=1S/C24H25N5O2/c1-18-26-21(19-8-4-2-5-9-19)16-22(27-18)28-12-14-29(15-13-28)23(30)17-25-24(31)20-10-6-3-7-11-20/h2-11,16H,12-15,17H2,1H3,(H,25,31). The largest absolute Gasteiger partial charge is 0.353 e. The summed E-state index contributed by atoms with van der Waals surface area (Å²) in [5.41, 5.74) is 2.50. The molecule has 158 valence electrons. The van der Waals surface area contributed by atoms with Gasteiger partial charge in [-0.2, -0.15) is 0 Å². The van der Waals surface area contributed by atoms with Crippen molar-refractivity contribution in [1.82, 2.24) is 20.2 Å². The normalized spacial score (nSPS) is 13.7. The second-order valence-corrected chi connectivity index (χ2v) is 7.44. The van der Waals surface area contributed by atoms with E-state index in [1.54, 1.807) is 29.2 Å². The van der Waals surface area contributed by atoms with E-state index in [1.807, 2.05) is 49.4 Å². The van der Waals surface area contributed by atoms with Crippen molar-refractivity contribution in [3.8, 4) is 11.3 Å². The fraction of sp³-hybridized carbons (Fsp3) is 0.250. The van der Waals surface area contributed by atoms with Gasteiger partial charge < -0.3 is 15.1 Å². The lowest BCUT2D eigenvalue weighted by Gasteiger charge is -2.35. The second kappa shape index (κ2) is 9.38. The highest BCUT2D eigenvalue weighted by atomic mass is 16.2. The van der Waals surface area contributed by atoms with Gasteiger partial charge in [-0.3, -0.25) is 9.59 Å². The van der Waals surface area contributed by atoms with Gasteiger partial charge in [-0.15, -0.1) is 0 Å². The van der Waals surface area contributed by atoms with Crippen LogP contribution < -0.4 is 10.2 Å². The minimum atomic E-state index is -0.238. The Balaban J connectivity index is 1.34. The Hall–Kier alpha value is -3.74. The zero-order valence-electron chi connectivity index (χ0n) is 17.5. The van der Waals surface area contributed by atoms with Crippen molar-refractivity contribution in [2.24, 2.45) is 0 Å². The van der Waals surface area contributed by atoms with E-state index in [9.17, 15) is 9.59 Å². The van der Waals surface area contributed by atoms with E-state index in [4.69, 9.17) is 0 Å². The first-order valence-electron chi connectivity index (χ1n) is 10.4. The molecule has 0 bridgehead atoms. The molecule has 4 rings (SSSR count). The third-order valence-corrected chi connectivity index (χ3v) is 5.29. The molecule has 0 radical (unpaired) electrons. The van der Waals surface area contributed by atoms with Crippen LogP contribution in [0.1, 0.15) is 16.2 Å². The van der Waals surface area contributed by atoms with Gasteiger partial charge in [-0.1, -0.05) is 48.5 Å². The maximum Gasteiger partial charge on any atom is 0.251 e. The molecule has 7 nitrogen and oxygen atoms in total. The zero-order valence-corrected chi connectivity index (χ0v) is 17.5. The number of aromatic nitrogens is 2. The van der Waals surface area contributed by atoms with Crippen LogP contribution in [0.4, 0.5) is 5.82 Å². The molecule has 1 N–H and O–H groups in total. The molecule has 0 saturated carbocycles. The highest BCUT2D eigenvalue weighted by Gasteiger charge is 2.23. The van der Waals surface area contributed by atoms with Crippen molar-refractivity contribution in [2.75, 3.05) is 37.6 Å². The minimum absolute atomic E-state index is 0.00149. The zero-order chi connectivity index (χ0) is 21.6. The molecule has 1 saturated heterocycles. The Morgan fingerprint density at radius 1 is 0.903 bits per heavy atom. The number of carbonyl (C=O) groups is 2. The summed E-state index contributed by atoms with van der Waals surface area (Å²) in [5, 5.41) is 2.71. The maximum absolute atomic E-state index is 12.5. The van der Waals surface area contributed by atoms with Crippen molar-refractivity contribution in [3.05, 3.63) is 78.1 Å². The first-order chi connectivity index (χ1) is 15.1. The Morgan fingerprint density at radius 3 is 2.23 bits per heavy atom. The van der Waals surface area contributed by atoms with E-state index >= 15 is 0 Å². The summed E-state index contributed by atoms with van der Waals surface area (Å²) in [6, 6.07) is 20.9. The molecule has 7 heteroatoms. The molecule has 2 amide bonds. The second-order valence-electron chi connectivity index (χ2n) is 7.44. The van der Waals surface area contributed by atoms with Crippen LogP contribution in [0.25, 0.3) is 11.3 Å². The fourth-order valence-corrected chi connectivity index (χ4v) is 3.61. The Morgan fingerprint density at radius 2 is 1.55 bits per heavy atom. The third-order valence-electron chi connectivity index (χ3n) is 5.29. The fourth-order valence-electron chi connectivity index (χ4n) is 3.61. The molecular weight excluding hydrogens is 390 g/mol. The van der Waals surface area contributed by atoms with Gasteiger partial charge in [0.25, 0.3) is 5.91 Å². The molecule has 3 aromatic rings. The van der Waals surface area contributed by atoms with E-state index in [0.29, 0.717) is 31.7 Å². The lowest BCUT2D eigenvalue weighted by Crippen LogP contribution is -2.51. The van der Waals surface area contributed by atoms with Crippen molar-refractivity contribution in [3.63, 3.8) is 0 Å². The summed E-state index contributed by atoms with van der Waals surface area (Å²) in [4.78, 5) is 37.8. The van der Waals surface area contributed by atoms with E-state index in [1.165, 1.54) is 0 Å². The third kappa shape index (κ3) is 5.06. The smallest absolute Gasteiger partial charge is 0.251 e. The van der Waals surface area contributed by atoms with Crippen LogP contribution >= 0.6 is 0 Å². The Bertz CT molecular complexity index is 1050. The molecule has 2 heterocycles. The molecule has 1 aliphatic rings. The molecule has 0 atom stereocenters. The van der Waals surface area contributed by atoms with Gasteiger partial charge in [0.05, 0.1) is 12.2 Å². The summed E-state index contributed by atoms with van der Waals surface area (Å²) in [7, 11) is 0. The maximum atomic E-state index is 12.5. The van der Waals surface area contributed by atoms with Crippen LogP contribution in [0.2, 0.25) is 0 Å². The van der Waals surface area contributed by atoms with Crippen LogP contribution in [0, 0.1) is 6.92 Å². The van der Waals surface area contributed by atoms with E-state index in [-0.39, 0.29) is 18.4 Å². The summed E-state index contributed by atoms with van der Waals surface area (Å²) >= 11 is 0. The average Bonchev–Trinajstić information content (AvgIpc) is 2.83. The first-order valence-corrected chi connectivity index (χ1v) is 10.4. The lowest BCUT2D eigenvalue weighted by molar-refractivity contribution is -0.130. The average molecular weight is 415 g/mol. The van der Waals surface area contributed by atoms with Crippen LogP contribution in [-0.2, 0) is 4.79 Å². The topological polar surface area (TPSA) is 78.4 Å². The molecule has 1 aromatic heterocycles. The summed E-state index contributed by atoms with van der Waals surface area (Å²) in [6.07, 6.45) is 0. The summed E-state index contributed by atoms with van der Waals surface area (Å²) < 4.78 is 0. The molecule has 0 unspecified atom stereocenters. The highest BCUT2D eigenvalue weighted by Crippen LogP contribution is 2.22. The quantitative estimate of drug-likeness (QED) is 0.693. The first kappa shape index (κ1) is 20.5. The molecule has 1 fully saturated rings. The van der Waals surface area contributed by atoms with Crippen molar-refractivity contribution >= 4 is 17.6 Å². The number of aryl methyl sites for hydroxylation is 1. The number of nitrogens with one attached hydrogen (secondary N) is 1. The number of carbonyl (C=O) groups excluding carboxylic acids is 2. The van der Waals surface area contributed by atoms with Gasteiger partial charge in [0.15, 0.2) is 0 Å². The van der Waals surface area contributed by atoms with Crippen LogP contribution in [-0.4, -0.2) is 59.4 Å². The molecule has 0 spiro atoms. The van der Waals surface area contributed by atoms with Crippen LogP contribution in [0.15, 0.2) is 66.7 Å². The van der Waals surface area contributed by atoms with Crippen LogP contribution in [0.3, 0.4) is 0 Å². The van der Waals surface area contributed by atoms with Gasteiger partial charge >= 0.3 is 0 Å². The molecule has 31 heavy (non-hydrogen) atoms. The van der Waals surface area contributed by atoms with Gasteiger partial charge in [0.2, 0.25) is 5.91 Å². The molecular formula is C24H25N5O2. The molecule has 2 aromatic carbocycles. The van der Waals surface area contributed by atoms with E-state index in [2.05, 4.69) is 20.2 Å². The number of piperazine rings is 1. The van der Waals surface area contributed by atoms with Crippen molar-refractivity contribution < 1.29 is 9.59 Å². The number of anilines is 1. The van der Waals surface area contributed by atoms with Gasteiger partial charge in [0, 0.05) is 43.4 Å².